The second-order valence-corrected chi connectivity index (χ2v) is 5.20. The van der Waals surface area contributed by atoms with Crippen LogP contribution in [0.4, 0.5) is 17.6 Å². The molecule has 0 radical (unpaired) electrons. The number of hydrogen-bond donors (Lipinski definition) is 2. The molecule has 7 heteroatoms. The van der Waals surface area contributed by atoms with E-state index in [0.717, 1.165) is 17.0 Å². The van der Waals surface area contributed by atoms with Crippen molar-refractivity contribution < 1.29 is 9.26 Å². The zero-order valence-electron chi connectivity index (χ0n) is 13.6. The van der Waals surface area contributed by atoms with Crippen LogP contribution in [-0.2, 0) is 4.74 Å². The van der Waals surface area contributed by atoms with Gasteiger partial charge < -0.3 is 19.9 Å². The Labute approximate surface area is 140 Å². The molecule has 0 fully saturated rings. The minimum absolute atomic E-state index is 0.524. The van der Waals surface area contributed by atoms with Crippen LogP contribution in [0.15, 0.2) is 47.0 Å². The minimum Gasteiger partial charge on any atom is -0.383 e. The van der Waals surface area contributed by atoms with Gasteiger partial charge in [-0.25, -0.2) is 4.98 Å². The first kappa shape index (κ1) is 15.9. The second kappa shape index (κ2) is 7.56. The summed E-state index contributed by atoms with van der Waals surface area (Å²) in [6.45, 7) is 3.03. The van der Waals surface area contributed by atoms with Crippen molar-refractivity contribution in [3.63, 3.8) is 0 Å². The molecule has 0 amide bonds. The fraction of sp³-hybridized carbons (Fsp3) is 0.235. The molecule has 0 aliphatic carbocycles. The lowest BCUT2D eigenvalue weighted by Crippen LogP contribution is -2.11. The maximum atomic E-state index is 5.07. The number of rotatable bonds is 7. The minimum atomic E-state index is 0.524. The third-order valence-electron chi connectivity index (χ3n) is 3.27. The van der Waals surface area contributed by atoms with E-state index >= 15 is 0 Å². The van der Waals surface area contributed by atoms with Crippen molar-refractivity contribution in [1.29, 1.82) is 0 Å². The lowest BCUT2D eigenvalue weighted by atomic mass is 10.1. The molecular formula is C17H19N5O2. The summed E-state index contributed by atoms with van der Waals surface area (Å²) in [6.07, 6.45) is 0. The van der Waals surface area contributed by atoms with E-state index < -0.39 is 0 Å². The summed E-state index contributed by atoms with van der Waals surface area (Å²) in [5, 5.41) is 10.2. The molecule has 2 aromatic heterocycles. The molecule has 7 nitrogen and oxygen atoms in total. The predicted octanol–water partition coefficient (Wildman–Crippen LogP) is 3.24. The number of methoxy groups -OCH3 is 1. The Morgan fingerprint density at radius 1 is 1.08 bits per heavy atom. The van der Waals surface area contributed by atoms with Crippen molar-refractivity contribution in [3.05, 3.63) is 48.2 Å². The number of hydrogen-bond acceptors (Lipinski definition) is 7. The van der Waals surface area contributed by atoms with Gasteiger partial charge in [-0.1, -0.05) is 35.5 Å². The lowest BCUT2D eigenvalue weighted by molar-refractivity contribution is 0.210. The standard InChI is InChI=1S/C17H19N5O2/c1-12-10-16(22-24-12)20-15-11-14(13-6-4-3-5-7-13)19-17(21-15)18-8-9-23-2/h3-7,10-11H,8-9H2,1-2H3,(H2,18,19,20,21,22). The molecule has 3 aromatic rings. The summed E-state index contributed by atoms with van der Waals surface area (Å²) in [5.41, 5.74) is 1.82. The van der Waals surface area contributed by atoms with Crippen molar-refractivity contribution in [2.24, 2.45) is 0 Å². The number of nitrogens with zero attached hydrogens (tertiary/aromatic N) is 3. The first-order valence-electron chi connectivity index (χ1n) is 7.62. The van der Waals surface area contributed by atoms with Crippen molar-refractivity contribution in [2.45, 2.75) is 6.92 Å². The van der Waals surface area contributed by atoms with Crippen LogP contribution in [0, 0.1) is 6.92 Å². The lowest BCUT2D eigenvalue weighted by Gasteiger charge is -2.10. The fourth-order valence-corrected chi connectivity index (χ4v) is 2.17. The smallest absolute Gasteiger partial charge is 0.225 e. The molecule has 0 atom stereocenters. The first-order valence-corrected chi connectivity index (χ1v) is 7.62. The molecule has 3 rings (SSSR count). The fourth-order valence-electron chi connectivity index (χ4n) is 2.17. The van der Waals surface area contributed by atoms with Crippen LogP contribution in [0.1, 0.15) is 5.76 Å². The highest BCUT2D eigenvalue weighted by Gasteiger charge is 2.08. The van der Waals surface area contributed by atoms with Gasteiger partial charge in [-0.05, 0) is 6.92 Å². The summed E-state index contributed by atoms with van der Waals surface area (Å²) >= 11 is 0. The second-order valence-electron chi connectivity index (χ2n) is 5.20. The van der Waals surface area contributed by atoms with E-state index in [1.54, 1.807) is 7.11 Å². The summed E-state index contributed by atoms with van der Waals surface area (Å²) in [7, 11) is 1.66. The van der Waals surface area contributed by atoms with Gasteiger partial charge in [-0.3, -0.25) is 0 Å². The van der Waals surface area contributed by atoms with Gasteiger partial charge in [-0.15, -0.1) is 0 Å². The van der Waals surface area contributed by atoms with Crippen LogP contribution >= 0.6 is 0 Å². The average molecular weight is 325 g/mol. The summed E-state index contributed by atoms with van der Waals surface area (Å²) in [5.74, 6) is 2.49. The summed E-state index contributed by atoms with van der Waals surface area (Å²) in [6, 6.07) is 13.6. The van der Waals surface area contributed by atoms with E-state index in [-0.39, 0.29) is 0 Å². The number of nitrogens with one attached hydrogen (secondary N) is 2. The molecule has 24 heavy (non-hydrogen) atoms. The maximum Gasteiger partial charge on any atom is 0.225 e. The van der Waals surface area contributed by atoms with Gasteiger partial charge in [0.15, 0.2) is 5.82 Å². The highest BCUT2D eigenvalue weighted by atomic mass is 16.5. The highest BCUT2D eigenvalue weighted by Crippen LogP contribution is 2.23. The molecule has 1 aromatic carbocycles. The van der Waals surface area contributed by atoms with Crippen molar-refractivity contribution >= 4 is 17.6 Å². The van der Waals surface area contributed by atoms with E-state index in [1.165, 1.54) is 0 Å². The molecule has 0 aliphatic heterocycles. The van der Waals surface area contributed by atoms with Gasteiger partial charge in [0.1, 0.15) is 11.6 Å². The monoisotopic (exact) mass is 325 g/mol. The molecule has 0 spiro atoms. The van der Waals surface area contributed by atoms with Gasteiger partial charge in [0.25, 0.3) is 0 Å². The third kappa shape index (κ3) is 4.08. The van der Waals surface area contributed by atoms with Crippen LogP contribution in [0.3, 0.4) is 0 Å². The molecule has 0 unspecified atom stereocenters. The largest absolute Gasteiger partial charge is 0.383 e. The number of aryl methyl sites for hydroxylation is 1. The van der Waals surface area contributed by atoms with Crippen LogP contribution < -0.4 is 10.6 Å². The summed E-state index contributed by atoms with van der Waals surface area (Å²) in [4.78, 5) is 9.03. The molecule has 124 valence electrons. The number of aromatic nitrogens is 3. The van der Waals surface area contributed by atoms with Crippen molar-refractivity contribution in [2.75, 3.05) is 30.9 Å². The number of anilines is 3. The average Bonchev–Trinajstić information content (AvgIpc) is 3.00. The van der Waals surface area contributed by atoms with E-state index in [0.29, 0.717) is 30.7 Å². The van der Waals surface area contributed by atoms with Crippen molar-refractivity contribution in [3.8, 4) is 11.3 Å². The summed E-state index contributed by atoms with van der Waals surface area (Å²) < 4.78 is 10.1. The van der Waals surface area contributed by atoms with Crippen LogP contribution in [0.5, 0.6) is 0 Å². The third-order valence-corrected chi connectivity index (χ3v) is 3.27. The van der Waals surface area contributed by atoms with Gasteiger partial charge in [-0.2, -0.15) is 4.98 Å². The normalized spacial score (nSPS) is 10.6. The van der Waals surface area contributed by atoms with Gasteiger partial charge in [0, 0.05) is 31.4 Å². The van der Waals surface area contributed by atoms with Gasteiger partial charge in [0.05, 0.1) is 12.3 Å². The number of benzene rings is 1. The van der Waals surface area contributed by atoms with E-state index in [4.69, 9.17) is 9.26 Å². The van der Waals surface area contributed by atoms with E-state index in [1.807, 2.05) is 49.4 Å². The molecule has 0 bridgehead atoms. The molecule has 0 saturated heterocycles. The molecule has 0 aliphatic rings. The highest BCUT2D eigenvalue weighted by molar-refractivity contribution is 5.66. The van der Waals surface area contributed by atoms with Gasteiger partial charge in [0.2, 0.25) is 5.95 Å². The molecule has 2 N–H and O–H groups in total. The van der Waals surface area contributed by atoms with Crippen LogP contribution in [0.2, 0.25) is 0 Å². The molecule has 2 heterocycles. The Balaban J connectivity index is 1.90. The zero-order valence-corrected chi connectivity index (χ0v) is 13.6. The van der Waals surface area contributed by atoms with Gasteiger partial charge >= 0.3 is 0 Å². The Kier molecular flexibility index (Phi) is 5.02. The Hall–Kier alpha value is -2.93. The van der Waals surface area contributed by atoms with E-state index in [9.17, 15) is 0 Å². The SMILES string of the molecule is COCCNc1nc(Nc2cc(C)on2)cc(-c2ccccc2)n1. The first-order chi connectivity index (χ1) is 11.7. The topological polar surface area (TPSA) is 85.1 Å². The Morgan fingerprint density at radius 3 is 2.62 bits per heavy atom. The van der Waals surface area contributed by atoms with Crippen LogP contribution in [0.25, 0.3) is 11.3 Å². The molecule has 0 saturated carbocycles. The quantitative estimate of drug-likeness (QED) is 0.645. The van der Waals surface area contributed by atoms with Crippen LogP contribution in [-0.4, -0.2) is 35.4 Å². The Morgan fingerprint density at radius 2 is 1.92 bits per heavy atom. The number of ether oxygens (including phenoxy) is 1. The van der Waals surface area contributed by atoms with E-state index in [2.05, 4.69) is 25.8 Å². The predicted molar refractivity (Wildman–Crippen MR) is 92.4 cm³/mol. The maximum absolute atomic E-state index is 5.07. The van der Waals surface area contributed by atoms with Crippen molar-refractivity contribution in [1.82, 2.24) is 15.1 Å². The zero-order chi connectivity index (χ0) is 16.8. The Bertz CT molecular complexity index is 789. The molecular weight excluding hydrogens is 306 g/mol.